The molecule has 0 saturated heterocycles. The van der Waals surface area contributed by atoms with E-state index in [-0.39, 0.29) is 10.00 Å². The maximum atomic E-state index is 12.2. The number of nitrogens with two attached hydrogens (primary N) is 1. The Morgan fingerprint density at radius 1 is 1.35 bits per heavy atom. The van der Waals surface area contributed by atoms with Crippen LogP contribution in [-0.4, -0.2) is 30.9 Å². The molecule has 0 atom stereocenters. The summed E-state index contributed by atoms with van der Waals surface area (Å²) in [5.41, 5.74) is 5.94. The number of nitrogens with zero attached hydrogens (tertiary/aromatic N) is 1. The van der Waals surface area contributed by atoms with E-state index in [4.69, 9.17) is 5.73 Å². The minimum Gasteiger partial charge on any atom is -0.511 e. The Bertz CT molecular complexity index is 401. The van der Waals surface area contributed by atoms with Crippen LogP contribution < -0.4 is 5.73 Å². The first-order valence-corrected chi connectivity index (χ1v) is 7.58. The maximum Gasteiger partial charge on any atom is 0.252 e. The smallest absolute Gasteiger partial charge is 0.252 e. The third-order valence-electron chi connectivity index (χ3n) is 1.93. The summed E-state index contributed by atoms with van der Waals surface area (Å²) in [6.45, 7) is 7.23. The largest absolute Gasteiger partial charge is 0.511 e. The Hall–Kier alpha value is -0.660. The highest BCUT2D eigenvalue weighted by molar-refractivity contribution is 8.19. The van der Waals surface area contributed by atoms with Crippen LogP contribution in [-0.2, 0) is 10.0 Å². The first-order chi connectivity index (χ1) is 7.77. The van der Waals surface area contributed by atoms with Crippen molar-refractivity contribution in [3.63, 3.8) is 0 Å². The molecule has 0 saturated carbocycles. The van der Waals surface area contributed by atoms with Crippen LogP contribution in [0.15, 0.2) is 21.1 Å². The highest BCUT2D eigenvalue weighted by atomic mass is 32.3. The summed E-state index contributed by atoms with van der Waals surface area (Å²) in [5, 5.41) is 11.0. The normalized spacial score (nSPS) is 15.0. The summed E-state index contributed by atoms with van der Waals surface area (Å²) in [5.74, 6) is -0.223. The molecule has 0 radical (unpaired) electrons. The molecule has 0 spiro atoms. The predicted octanol–water partition coefficient (Wildman–Crippen LogP) is 1.96. The molecule has 0 aliphatic rings. The number of aliphatic hydroxyl groups excluding tert-OH is 1. The number of thioether (sulfide) groups is 1. The highest BCUT2D eigenvalue weighted by Crippen LogP contribution is 2.29. The van der Waals surface area contributed by atoms with Gasteiger partial charge >= 0.3 is 0 Å². The molecular formula is C10H20N2O3S2. The SMILES string of the molecule is CCN(CC)S(=O)(=O)/C(S/C=C(\C)N)=C(/C)O. The molecule has 0 aromatic heterocycles. The van der Waals surface area contributed by atoms with Crippen LogP contribution in [0.2, 0.25) is 0 Å². The van der Waals surface area contributed by atoms with Gasteiger partial charge in [-0.15, -0.1) is 0 Å². The topological polar surface area (TPSA) is 83.6 Å². The van der Waals surface area contributed by atoms with Gasteiger partial charge in [0.05, 0.1) is 0 Å². The quantitative estimate of drug-likeness (QED) is 0.727. The summed E-state index contributed by atoms with van der Waals surface area (Å²) in [4.78, 5) is 0. The van der Waals surface area contributed by atoms with E-state index >= 15 is 0 Å². The van der Waals surface area contributed by atoms with Crippen LogP contribution in [0.5, 0.6) is 0 Å². The Morgan fingerprint density at radius 2 is 1.82 bits per heavy atom. The zero-order valence-corrected chi connectivity index (χ0v) is 12.2. The van der Waals surface area contributed by atoms with E-state index in [1.165, 1.54) is 16.6 Å². The zero-order chi connectivity index (χ0) is 13.6. The summed E-state index contributed by atoms with van der Waals surface area (Å²) >= 11 is 0.917. The summed E-state index contributed by atoms with van der Waals surface area (Å²) in [7, 11) is -3.63. The van der Waals surface area contributed by atoms with Gasteiger partial charge in [0.2, 0.25) is 0 Å². The summed E-state index contributed by atoms with van der Waals surface area (Å²) in [6, 6.07) is 0. The zero-order valence-electron chi connectivity index (χ0n) is 10.6. The molecule has 100 valence electrons. The molecule has 0 aromatic rings. The molecule has 0 unspecified atom stereocenters. The second kappa shape index (κ2) is 6.93. The molecular weight excluding hydrogens is 260 g/mol. The van der Waals surface area contributed by atoms with Gasteiger partial charge in [0.1, 0.15) is 5.76 Å². The standard InChI is InChI=1S/C10H20N2O3S2/c1-5-12(6-2)17(14,15)10(9(4)13)16-7-8(3)11/h7,13H,5-6,11H2,1-4H3/b8-7+,10-9-. The Labute approximate surface area is 107 Å². The maximum absolute atomic E-state index is 12.2. The molecule has 0 bridgehead atoms. The lowest BCUT2D eigenvalue weighted by Crippen LogP contribution is -2.31. The third kappa shape index (κ3) is 4.61. The van der Waals surface area contributed by atoms with Crippen molar-refractivity contribution in [1.29, 1.82) is 0 Å². The van der Waals surface area contributed by atoms with E-state index in [1.807, 2.05) is 0 Å². The van der Waals surface area contributed by atoms with Crippen molar-refractivity contribution < 1.29 is 13.5 Å². The monoisotopic (exact) mass is 280 g/mol. The average molecular weight is 280 g/mol. The summed E-state index contributed by atoms with van der Waals surface area (Å²) in [6.07, 6.45) is 0. The van der Waals surface area contributed by atoms with E-state index in [0.29, 0.717) is 18.8 Å². The lowest BCUT2D eigenvalue weighted by molar-refractivity contribution is 0.410. The van der Waals surface area contributed by atoms with Crippen molar-refractivity contribution in [3.05, 3.63) is 21.1 Å². The van der Waals surface area contributed by atoms with E-state index in [0.717, 1.165) is 11.8 Å². The van der Waals surface area contributed by atoms with Gasteiger partial charge < -0.3 is 10.8 Å². The van der Waals surface area contributed by atoms with Crippen molar-refractivity contribution in [2.24, 2.45) is 5.73 Å². The number of allylic oxidation sites excluding steroid dienone is 2. The number of hydrogen-bond donors (Lipinski definition) is 2. The fourth-order valence-electron chi connectivity index (χ4n) is 1.16. The van der Waals surface area contributed by atoms with Crippen molar-refractivity contribution >= 4 is 21.8 Å². The van der Waals surface area contributed by atoms with Gasteiger partial charge in [-0.1, -0.05) is 25.6 Å². The van der Waals surface area contributed by atoms with Crippen LogP contribution in [0.4, 0.5) is 0 Å². The minimum absolute atomic E-state index is 0.0778. The van der Waals surface area contributed by atoms with Gasteiger partial charge in [-0.05, 0) is 19.3 Å². The Morgan fingerprint density at radius 3 is 2.12 bits per heavy atom. The number of rotatable bonds is 6. The van der Waals surface area contributed by atoms with Gasteiger partial charge in [-0.3, -0.25) is 0 Å². The van der Waals surface area contributed by atoms with Crippen LogP contribution in [0.25, 0.3) is 0 Å². The molecule has 0 aliphatic heterocycles. The van der Waals surface area contributed by atoms with Gasteiger partial charge in [-0.2, -0.15) is 4.31 Å². The van der Waals surface area contributed by atoms with Crippen molar-refractivity contribution in [2.45, 2.75) is 27.7 Å². The molecule has 17 heavy (non-hydrogen) atoms. The average Bonchev–Trinajstić information content (AvgIpc) is 2.17. The van der Waals surface area contributed by atoms with E-state index < -0.39 is 10.0 Å². The second-order valence-electron chi connectivity index (χ2n) is 3.44. The lowest BCUT2D eigenvalue weighted by Gasteiger charge is -2.19. The molecule has 7 heteroatoms. The molecule has 0 fully saturated rings. The Balaban J connectivity index is 5.37. The van der Waals surface area contributed by atoms with Crippen LogP contribution >= 0.6 is 11.8 Å². The van der Waals surface area contributed by atoms with E-state index in [2.05, 4.69) is 0 Å². The first kappa shape index (κ1) is 16.3. The van der Waals surface area contributed by atoms with Crippen molar-refractivity contribution in [2.75, 3.05) is 13.1 Å². The predicted molar refractivity (Wildman–Crippen MR) is 72.7 cm³/mol. The van der Waals surface area contributed by atoms with Gasteiger partial charge in [0, 0.05) is 18.8 Å². The molecule has 0 aromatic carbocycles. The fraction of sp³-hybridized carbons (Fsp3) is 0.600. The highest BCUT2D eigenvalue weighted by Gasteiger charge is 2.26. The van der Waals surface area contributed by atoms with Crippen LogP contribution in [0.1, 0.15) is 27.7 Å². The van der Waals surface area contributed by atoms with Gasteiger partial charge in [-0.25, -0.2) is 8.42 Å². The first-order valence-electron chi connectivity index (χ1n) is 5.26. The lowest BCUT2D eigenvalue weighted by atomic mass is 10.6. The van der Waals surface area contributed by atoms with Crippen molar-refractivity contribution in [1.82, 2.24) is 4.31 Å². The molecule has 0 rings (SSSR count). The molecule has 3 N–H and O–H groups in total. The molecule has 0 amide bonds. The van der Waals surface area contributed by atoms with E-state index in [1.54, 1.807) is 20.8 Å². The van der Waals surface area contributed by atoms with Gasteiger partial charge in [0.25, 0.3) is 10.0 Å². The van der Waals surface area contributed by atoms with Crippen molar-refractivity contribution in [3.8, 4) is 0 Å². The molecule has 0 heterocycles. The fourth-order valence-corrected chi connectivity index (χ4v) is 3.86. The van der Waals surface area contributed by atoms with Crippen LogP contribution in [0, 0.1) is 0 Å². The molecule has 0 aliphatic carbocycles. The van der Waals surface area contributed by atoms with E-state index in [9.17, 15) is 13.5 Å². The summed E-state index contributed by atoms with van der Waals surface area (Å²) < 4.78 is 25.5. The second-order valence-corrected chi connectivity index (χ2v) is 6.45. The minimum atomic E-state index is -3.63. The van der Waals surface area contributed by atoms with Gasteiger partial charge in [0.15, 0.2) is 4.24 Å². The third-order valence-corrected chi connectivity index (χ3v) is 5.81. The number of aliphatic hydroxyl groups is 1. The van der Waals surface area contributed by atoms with Crippen LogP contribution in [0.3, 0.4) is 0 Å². The number of sulfonamides is 1. The molecule has 5 nitrogen and oxygen atoms in total. The Kier molecular flexibility index (Phi) is 6.66. The number of hydrogen-bond acceptors (Lipinski definition) is 5.